The van der Waals surface area contributed by atoms with E-state index in [1.807, 2.05) is 0 Å². The highest BCUT2D eigenvalue weighted by molar-refractivity contribution is 5.84. The zero-order valence-electron chi connectivity index (χ0n) is 9.22. The Kier molecular flexibility index (Phi) is 3.66. The van der Waals surface area contributed by atoms with Crippen LogP contribution in [0.25, 0.3) is 0 Å². The lowest BCUT2D eigenvalue weighted by Gasteiger charge is -2.37. The van der Waals surface area contributed by atoms with Crippen LogP contribution in [0.5, 0.6) is 0 Å². The van der Waals surface area contributed by atoms with E-state index in [2.05, 4.69) is 0 Å². The van der Waals surface area contributed by atoms with Crippen LogP contribution in [0.4, 0.5) is 22.0 Å². The molecule has 3 nitrogen and oxygen atoms in total. The second-order valence-corrected chi connectivity index (χ2v) is 4.04. The molecule has 1 heterocycles. The van der Waals surface area contributed by atoms with Gasteiger partial charge in [-0.25, -0.2) is 0 Å². The Labute approximate surface area is 94.5 Å². The van der Waals surface area contributed by atoms with Gasteiger partial charge in [0.2, 0.25) is 0 Å². The minimum absolute atomic E-state index is 0.269. The fourth-order valence-electron chi connectivity index (χ4n) is 1.66. The maximum atomic E-state index is 12.8. The average Bonchev–Trinajstić information content (AvgIpc) is 2.13. The molecule has 2 atom stereocenters. The maximum absolute atomic E-state index is 12.8. The highest BCUT2D eigenvalue weighted by Crippen LogP contribution is 2.37. The van der Waals surface area contributed by atoms with Gasteiger partial charge in [-0.15, -0.1) is 0 Å². The van der Waals surface area contributed by atoms with Gasteiger partial charge in [0.25, 0.3) is 0 Å². The highest BCUT2D eigenvalue weighted by Gasteiger charge is 2.64. The van der Waals surface area contributed by atoms with Gasteiger partial charge in [-0.2, -0.15) is 22.0 Å². The summed E-state index contributed by atoms with van der Waals surface area (Å²) in [6.07, 6.45) is -6.99. The molecule has 0 aromatic heterocycles. The molecule has 0 unspecified atom stereocenters. The molecule has 0 N–H and O–H groups in total. The Morgan fingerprint density at radius 3 is 1.88 bits per heavy atom. The van der Waals surface area contributed by atoms with E-state index < -0.39 is 30.2 Å². The number of hydrogen-bond acceptors (Lipinski definition) is 2. The first-order chi connectivity index (χ1) is 7.55. The molecule has 0 saturated carbocycles. The van der Waals surface area contributed by atoms with E-state index in [0.717, 1.165) is 0 Å². The Bertz CT molecular complexity index is 294. The summed E-state index contributed by atoms with van der Waals surface area (Å²) in [5.74, 6) is -7.56. The molecule has 17 heavy (non-hydrogen) atoms. The summed E-state index contributed by atoms with van der Waals surface area (Å²) < 4.78 is 66.8. The van der Waals surface area contributed by atoms with Crippen LogP contribution in [-0.2, 0) is 9.53 Å². The molecular weight excluding hydrogens is 249 g/mol. The van der Waals surface area contributed by atoms with E-state index in [0.29, 0.717) is 4.90 Å². The molecule has 1 saturated heterocycles. The van der Waals surface area contributed by atoms with Crippen LogP contribution in [0.15, 0.2) is 0 Å². The Morgan fingerprint density at radius 2 is 1.53 bits per heavy atom. The number of ether oxygens (including phenoxy) is 1. The first-order valence-electron chi connectivity index (χ1n) is 4.95. The number of halogens is 5. The molecule has 0 spiro atoms. The van der Waals surface area contributed by atoms with Crippen molar-refractivity contribution in [1.82, 2.24) is 4.90 Å². The van der Waals surface area contributed by atoms with E-state index in [-0.39, 0.29) is 13.1 Å². The summed E-state index contributed by atoms with van der Waals surface area (Å²) in [5, 5.41) is 0. The van der Waals surface area contributed by atoms with Gasteiger partial charge in [-0.3, -0.25) is 4.79 Å². The van der Waals surface area contributed by atoms with Gasteiger partial charge in [0.05, 0.1) is 12.2 Å². The van der Waals surface area contributed by atoms with Crippen LogP contribution in [0.1, 0.15) is 13.8 Å². The van der Waals surface area contributed by atoms with Gasteiger partial charge in [-0.05, 0) is 13.8 Å². The Morgan fingerprint density at radius 1 is 1.12 bits per heavy atom. The van der Waals surface area contributed by atoms with Crippen molar-refractivity contribution in [2.45, 2.75) is 38.2 Å². The predicted molar refractivity (Wildman–Crippen MR) is 47.6 cm³/mol. The molecule has 0 aromatic carbocycles. The topological polar surface area (TPSA) is 29.5 Å². The Hall–Kier alpha value is -0.920. The third-order valence-electron chi connectivity index (χ3n) is 2.33. The van der Waals surface area contributed by atoms with Crippen molar-refractivity contribution in [2.24, 2.45) is 0 Å². The van der Waals surface area contributed by atoms with E-state index in [1.165, 1.54) is 13.8 Å². The van der Waals surface area contributed by atoms with Crippen molar-refractivity contribution in [2.75, 3.05) is 13.1 Å². The van der Waals surface area contributed by atoms with Gasteiger partial charge in [0.1, 0.15) is 0 Å². The first kappa shape index (κ1) is 14.1. The van der Waals surface area contributed by atoms with Crippen molar-refractivity contribution >= 4 is 5.91 Å². The minimum atomic E-state index is -5.87. The molecule has 1 aliphatic rings. The second-order valence-electron chi connectivity index (χ2n) is 4.04. The summed E-state index contributed by atoms with van der Waals surface area (Å²) in [6.45, 7) is 2.47. The summed E-state index contributed by atoms with van der Waals surface area (Å²) in [5.41, 5.74) is 0. The molecule has 0 aliphatic carbocycles. The van der Waals surface area contributed by atoms with E-state index in [1.54, 1.807) is 0 Å². The highest BCUT2D eigenvalue weighted by atomic mass is 19.4. The maximum Gasteiger partial charge on any atom is 0.463 e. The van der Waals surface area contributed by atoms with Crippen LogP contribution in [0, 0.1) is 0 Å². The summed E-state index contributed by atoms with van der Waals surface area (Å²) in [4.78, 5) is 11.7. The van der Waals surface area contributed by atoms with Crippen molar-refractivity contribution < 1.29 is 31.5 Å². The first-order valence-corrected chi connectivity index (χ1v) is 4.95. The number of alkyl halides is 5. The number of rotatable bonds is 1. The van der Waals surface area contributed by atoms with Crippen LogP contribution in [0.2, 0.25) is 0 Å². The summed E-state index contributed by atoms with van der Waals surface area (Å²) in [7, 11) is 0. The minimum Gasteiger partial charge on any atom is -0.372 e. The smallest absolute Gasteiger partial charge is 0.372 e. The third kappa shape index (κ3) is 2.85. The van der Waals surface area contributed by atoms with Crippen LogP contribution in [-0.4, -0.2) is 48.2 Å². The fraction of sp³-hybridized carbons (Fsp3) is 0.889. The Balaban J connectivity index is 2.83. The molecule has 8 heteroatoms. The molecule has 1 fully saturated rings. The predicted octanol–water partition coefficient (Wildman–Crippen LogP) is 1.82. The number of hydrogen-bond donors (Lipinski definition) is 0. The second kappa shape index (κ2) is 4.40. The monoisotopic (exact) mass is 261 g/mol. The van der Waals surface area contributed by atoms with Crippen molar-refractivity contribution in [1.29, 1.82) is 0 Å². The zero-order chi connectivity index (χ0) is 13.4. The van der Waals surface area contributed by atoms with Crippen molar-refractivity contribution in [3.63, 3.8) is 0 Å². The molecule has 0 radical (unpaired) electrons. The lowest BCUT2D eigenvalue weighted by molar-refractivity contribution is -0.276. The van der Waals surface area contributed by atoms with E-state index >= 15 is 0 Å². The molecule has 1 amide bonds. The van der Waals surface area contributed by atoms with Crippen LogP contribution >= 0.6 is 0 Å². The van der Waals surface area contributed by atoms with Gasteiger partial charge >= 0.3 is 18.0 Å². The van der Waals surface area contributed by atoms with Gasteiger partial charge in [0, 0.05) is 13.1 Å². The fourth-order valence-corrected chi connectivity index (χ4v) is 1.66. The summed E-state index contributed by atoms with van der Waals surface area (Å²) in [6, 6.07) is 0. The zero-order valence-corrected chi connectivity index (χ0v) is 9.22. The molecule has 0 aromatic rings. The molecule has 1 rings (SSSR count). The number of carbonyl (C=O) groups is 1. The summed E-state index contributed by atoms with van der Waals surface area (Å²) >= 11 is 0. The van der Waals surface area contributed by atoms with Crippen molar-refractivity contribution in [3.8, 4) is 0 Å². The molecular formula is C9H12F5NO2. The molecule has 1 aliphatic heterocycles. The average molecular weight is 261 g/mol. The SMILES string of the molecule is C[C@@H]1CN(C(=O)C(F)(F)C(F)(F)F)C[C@H](C)O1. The largest absolute Gasteiger partial charge is 0.463 e. The molecule has 100 valence electrons. The number of carbonyl (C=O) groups excluding carboxylic acids is 1. The molecule has 0 bridgehead atoms. The van der Waals surface area contributed by atoms with Gasteiger partial charge in [-0.1, -0.05) is 0 Å². The van der Waals surface area contributed by atoms with E-state index in [9.17, 15) is 26.7 Å². The normalized spacial score (nSPS) is 27.1. The standard InChI is InChI=1S/C9H12F5NO2/c1-5-3-15(4-6(2)17-5)7(16)8(10,11)9(12,13)14/h5-6H,3-4H2,1-2H3/t5-,6+. The van der Waals surface area contributed by atoms with Gasteiger partial charge in [0.15, 0.2) is 0 Å². The van der Waals surface area contributed by atoms with Crippen molar-refractivity contribution in [3.05, 3.63) is 0 Å². The quantitative estimate of drug-likeness (QED) is 0.674. The van der Waals surface area contributed by atoms with Crippen LogP contribution < -0.4 is 0 Å². The number of amides is 1. The van der Waals surface area contributed by atoms with E-state index in [4.69, 9.17) is 4.74 Å². The van der Waals surface area contributed by atoms with Crippen LogP contribution in [0.3, 0.4) is 0 Å². The lowest BCUT2D eigenvalue weighted by atomic mass is 10.2. The number of nitrogens with zero attached hydrogens (tertiary/aromatic N) is 1. The lowest BCUT2D eigenvalue weighted by Crippen LogP contribution is -2.57. The van der Waals surface area contributed by atoms with Gasteiger partial charge < -0.3 is 9.64 Å². The third-order valence-corrected chi connectivity index (χ3v) is 2.33. The number of morpholine rings is 1.